The van der Waals surface area contributed by atoms with Gasteiger partial charge in [-0.1, -0.05) is 6.92 Å². The van der Waals surface area contributed by atoms with E-state index in [1.165, 1.54) is 0 Å². The molecule has 0 aliphatic heterocycles. The van der Waals surface area contributed by atoms with Crippen molar-refractivity contribution in [1.82, 2.24) is 10.3 Å². The van der Waals surface area contributed by atoms with E-state index in [-0.39, 0.29) is 11.9 Å². The smallest absolute Gasteiger partial charge is 0.270 e. The Bertz CT molecular complexity index is 325. The van der Waals surface area contributed by atoms with Gasteiger partial charge in [-0.25, -0.2) is 4.98 Å². The molecule has 1 atom stereocenters. The molecular formula is C10H16N2OS2. The lowest BCUT2D eigenvalue weighted by Crippen LogP contribution is -2.33. The molecule has 0 spiro atoms. The molecule has 84 valence electrons. The van der Waals surface area contributed by atoms with Crippen LogP contribution in [0.25, 0.3) is 0 Å². The van der Waals surface area contributed by atoms with Crippen LogP contribution in [0, 0.1) is 0 Å². The van der Waals surface area contributed by atoms with E-state index in [4.69, 9.17) is 0 Å². The number of thiazole rings is 1. The molecule has 0 saturated heterocycles. The van der Waals surface area contributed by atoms with Crippen molar-refractivity contribution >= 4 is 29.9 Å². The second kappa shape index (κ2) is 6.12. The number of aryl methyl sites for hydroxylation is 1. The van der Waals surface area contributed by atoms with Crippen LogP contribution in [0.2, 0.25) is 0 Å². The van der Waals surface area contributed by atoms with Crippen molar-refractivity contribution in [2.75, 3.05) is 5.75 Å². The molecule has 0 aliphatic carbocycles. The van der Waals surface area contributed by atoms with Crippen LogP contribution in [0.3, 0.4) is 0 Å². The van der Waals surface area contributed by atoms with Gasteiger partial charge in [0.1, 0.15) is 5.69 Å². The third-order valence-corrected chi connectivity index (χ3v) is 3.36. The van der Waals surface area contributed by atoms with Gasteiger partial charge in [-0.2, -0.15) is 12.6 Å². The van der Waals surface area contributed by atoms with E-state index in [1.807, 2.05) is 12.3 Å². The maximum atomic E-state index is 11.6. The maximum absolute atomic E-state index is 11.6. The molecule has 3 nitrogen and oxygen atoms in total. The molecule has 15 heavy (non-hydrogen) atoms. The number of amides is 1. The zero-order valence-corrected chi connectivity index (χ0v) is 10.7. The SMILES string of the molecule is CCCc1nc(C(=O)NC(C)CS)cs1. The molecule has 1 aromatic heterocycles. The van der Waals surface area contributed by atoms with Crippen LogP contribution < -0.4 is 5.32 Å². The third kappa shape index (κ3) is 3.83. The summed E-state index contributed by atoms with van der Waals surface area (Å²) < 4.78 is 0. The molecular weight excluding hydrogens is 228 g/mol. The lowest BCUT2D eigenvalue weighted by molar-refractivity contribution is 0.0939. The number of nitrogens with one attached hydrogen (secondary N) is 1. The first kappa shape index (κ1) is 12.5. The molecule has 1 heterocycles. The Morgan fingerprint density at radius 1 is 1.73 bits per heavy atom. The van der Waals surface area contributed by atoms with Gasteiger partial charge < -0.3 is 5.32 Å². The Balaban J connectivity index is 2.58. The van der Waals surface area contributed by atoms with Crippen molar-refractivity contribution in [1.29, 1.82) is 0 Å². The van der Waals surface area contributed by atoms with Gasteiger partial charge in [-0.05, 0) is 19.8 Å². The molecule has 0 saturated carbocycles. The molecule has 1 rings (SSSR count). The van der Waals surface area contributed by atoms with E-state index in [0.717, 1.165) is 17.8 Å². The van der Waals surface area contributed by atoms with Gasteiger partial charge in [-0.15, -0.1) is 11.3 Å². The van der Waals surface area contributed by atoms with Gasteiger partial charge in [0.05, 0.1) is 5.01 Å². The van der Waals surface area contributed by atoms with Crippen LogP contribution in [-0.4, -0.2) is 22.7 Å². The molecule has 0 aromatic carbocycles. The summed E-state index contributed by atoms with van der Waals surface area (Å²) in [7, 11) is 0. The normalized spacial score (nSPS) is 12.5. The summed E-state index contributed by atoms with van der Waals surface area (Å²) in [5.41, 5.74) is 0.525. The topological polar surface area (TPSA) is 42.0 Å². The highest BCUT2D eigenvalue weighted by atomic mass is 32.1. The van der Waals surface area contributed by atoms with Crippen molar-refractivity contribution in [3.05, 3.63) is 16.1 Å². The first-order chi connectivity index (χ1) is 7.17. The predicted octanol–water partition coefficient (Wildman–Crippen LogP) is 2.14. The number of carbonyl (C=O) groups excluding carboxylic acids is 1. The standard InChI is InChI=1S/C10H16N2OS2/c1-3-4-9-12-8(6-15-9)10(13)11-7(2)5-14/h6-7,14H,3-5H2,1-2H3,(H,11,13). The number of hydrogen-bond acceptors (Lipinski definition) is 4. The van der Waals surface area contributed by atoms with Crippen molar-refractivity contribution in [2.45, 2.75) is 32.7 Å². The van der Waals surface area contributed by atoms with Crippen LogP contribution >= 0.6 is 24.0 Å². The predicted molar refractivity (Wildman–Crippen MR) is 66.9 cm³/mol. The highest BCUT2D eigenvalue weighted by Crippen LogP contribution is 2.11. The highest BCUT2D eigenvalue weighted by molar-refractivity contribution is 7.80. The lowest BCUT2D eigenvalue weighted by Gasteiger charge is -2.08. The van der Waals surface area contributed by atoms with Crippen molar-refractivity contribution in [3.63, 3.8) is 0 Å². The van der Waals surface area contributed by atoms with Crippen LogP contribution in [0.1, 0.15) is 35.8 Å². The van der Waals surface area contributed by atoms with Crippen LogP contribution in [0.15, 0.2) is 5.38 Å². The van der Waals surface area contributed by atoms with E-state index in [1.54, 1.807) is 11.3 Å². The minimum Gasteiger partial charge on any atom is -0.347 e. The Hall–Kier alpha value is -0.550. The lowest BCUT2D eigenvalue weighted by atomic mass is 10.3. The summed E-state index contributed by atoms with van der Waals surface area (Å²) in [5.74, 6) is 0.535. The zero-order valence-electron chi connectivity index (χ0n) is 8.99. The number of carbonyl (C=O) groups is 1. The summed E-state index contributed by atoms with van der Waals surface area (Å²) in [6.07, 6.45) is 2.00. The number of aromatic nitrogens is 1. The van der Waals surface area contributed by atoms with Gasteiger partial charge in [0.2, 0.25) is 0 Å². The number of hydrogen-bond donors (Lipinski definition) is 2. The number of thiol groups is 1. The average Bonchev–Trinajstić information content (AvgIpc) is 2.67. The van der Waals surface area contributed by atoms with Gasteiger partial charge in [0.25, 0.3) is 5.91 Å². The van der Waals surface area contributed by atoms with Crippen LogP contribution in [-0.2, 0) is 6.42 Å². The highest BCUT2D eigenvalue weighted by Gasteiger charge is 2.12. The Morgan fingerprint density at radius 2 is 2.47 bits per heavy atom. The fraction of sp³-hybridized carbons (Fsp3) is 0.600. The third-order valence-electron chi connectivity index (χ3n) is 1.90. The summed E-state index contributed by atoms with van der Waals surface area (Å²) in [6, 6.07) is 0.0807. The van der Waals surface area contributed by atoms with Crippen molar-refractivity contribution in [2.24, 2.45) is 0 Å². The quantitative estimate of drug-likeness (QED) is 0.779. The zero-order chi connectivity index (χ0) is 11.3. The van der Waals surface area contributed by atoms with Gasteiger partial charge >= 0.3 is 0 Å². The fourth-order valence-corrected chi connectivity index (χ4v) is 2.06. The maximum Gasteiger partial charge on any atom is 0.270 e. The van der Waals surface area contributed by atoms with E-state index >= 15 is 0 Å². The second-order valence-electron chi connectivity index (χ2n) is 3.43. The van der Waals surface area contributed by atoms with E-state index < -0.39 is 0 Å². The van der Waals surface area contributed by atoms with Gasteiger partial charge in [0.15, 0.2) is 0 Å². The van der Waals surface area contributed by atoms with Crippen molar-refractivity contribution in [3.8, 4) is 0 Å². The molecule has 0 fully saturated rings. The Labute approximate surface area is 99.7 Å². The van der Waals surface area contributed by atoms with Gasteiger partial charge in [0, 0.05) is 17.2 Å². The fourth-order valence-electron chi connectivity index (χ4n) is 1.09. The summed E-state index contributed by atoms with van der Waals surface area (Å²) in [6.45, 7) is 4.02. The van der Waals surface area contributed by atoms with Gasteiger partial charge in [-0.3, -0.25) is 4.79 Å². The molecule has 0 aliphatic rings. The minimum absolute atomic E-state index is 0.0807. The molecule has 1 aromatic rings. The largest absolute Gasteiger partial charge is 0.347 e. The van der Waals surface area contributed by atoms with E-state index in [2.05, 4.69) is 29.9 Å². The summed E-state index contributed by atoms with van der Waals surface area (Å²) in [4.78, 5) is 15.9. The Morgan fingerprint density at radius 3 is 3.07 bits per heavy atom. The first-order valence-corrected chi connectivity index (χ1v) is 6.54. The molecule has 1 amide bonds. The molecule has 0 bridgehead atoms. The second-order valence-corrected chi connectivity index (χ2v) is 4.74. The number of rotatable bonds is 5. The Kier molecular flexibility index (Phi) is 5.11. The van der Waals surface area contributed by atoms with Crippen LogP contribution in [0.4, 0.5) is 0 Å². The summed E-state index contributed by atoms with van der Waals surface area (Å²) in [5, 5.41) is 5.67. The molecule has 5 heteroatoms. The van der Waals surface area contributed by atoms with E-state index in [9.17, 15) is 4.79 Å². The van der Waals surface area contributed by atoms with Crippen molar-refractivity contribution < 1.29 is 4.79 Å². The summed E-state index contributed by atoms with van der Waals surface area (Å²) >= 11 is 5.65. The molecule has 0 radical (unpaired) electrons. The van der Waals surface area contributed by atoms with Crippen LogP contribution in [0.5, 0.6) is 0 Å². The molecule has 1 N–H and O–H groups in total. The minimum atomic E-state index is -0.102. The number of nitrogens with zero attached hydrogens (tertiary/aromatic N) is 1. The average molecular weight is 244 g/mol. The first-order valence-electron chi connectivity index (χ1n) is 5.03. The van der Waals surface area contributed by atoms with E-state index in [0.29, 0.717) is 11.4 Å². The molecule has 1 unspecified atom stereocenters. The monoisotopic (exact) mass is 244 g/mol.